The molecule has 0 aromatic heterocycles. The van der Waals surface area contributed by atoms with Gasteiger partial charge in [-0.1, -0.05) is 53.6 Å². The van der Waals surface area contributed by atoms with Crippen LogP contribution in [-0.2, 0) is 17.8 Å². The van der Waals surface area contributed by atoms with Gasteiger partial charge in [-0.3, -0.25) is 4.79 Å². The molecule has 0 unspecified atom stereocenters. The second kappa shape index (κ2) is 9.89. The lowest BCUT2D eigenvalue weighted by atomic mass is 10.0. The van der Waals surface area contributed by atoms with Gasteiger partial charge in [0.25, 0.3) is 0 Å². The minimum atomic E-state index is -0.145. The van der Waals surface area contributed by atoms with Gasteiger partial charge in [-0.2, -0.15) is 5.10 Å². The highest BCUT2D eigenvalue weighted by molar-refractivity contribution is 6.31. The number of amides is 1. The Morgan fingerprint density at radius 2 is 1.79 bits per heavy atom. The highest BCUT2D eigenvalue weighted by Gasteiger charge is 2.05. The van der Waals surface area contributed by atoms with Crippen LogP contribution in [-0.4, -0.2) is 12.1 Å². The summed E-state index contributed by atoms with van der Waals surface area (Å²) in [6, 6.07) is 21.1. The number of benzene rings is 3. The van der Waals surface area contributed by atoms with E-state index in [9.17, 15) is 4.79 Å². The molecule has 3 aromatic rings. The van der Waals surface area contributed by atoms with E-state index in [0.717, 1.165) is 28.0 Å². The fourth-order valence-electron chi connectivity index (χ4n) is 2.86. The predicted octanol–water partition coefficient (Wildman–Crippen LogP) is 5.23. The quantitative estimate of drug-likeness (QED) is 0.431. The van der Waals surface area contributed by atoms with E-state index < -0.39 is 0 Å². The number of hydrogen-bond donors (Lipinski definition) is 1. The van der Waals surface area contributed by atoms with Gasteiger partial charge in [-0.05, 0) is 60.9 Å². The van der Waals surface area contributed by atoms with Gasteiger partial charge < -0.3 is 4.74 Å². The van der Waals surface area contributed by atoms with Gasteiger partial charge in [0.05, 0.1) is 12.6 Å². The minimum Gasteiger partial charge on any atom is -0.489 e. The summed E-state index contributed by atoms with van der Waals surface area (Å²) in [7, 11) is 0. The molecule has 3 aromatic carbocycles. The number of nitrogens with one attached hydrogen (secondary N) is 1. The topological polar surface area (TPSA) is 50.7 Å². The molecule has 1 N–H and O–H groups in total. The fourth-order valence-corrected chi connectivity index (χ4v) is 3.05. The lowest BCUT2D eigenvalue weighted by Crippen LogP contribution is -2.20. The first-order valence-electron chi connectivity index (χ1n) is 9.35. The Labute approximate surface area is 176 Å². The molecular formula is C24H23ClN2O2. The van der Waals surface area contributed by atoms with Crippen molar-refractivity contribution in [2.75, 3.05) is 0 Å². The number of aryl methyl sites for hydroxylation is 2. The molecule has 0 heterocycles. The van der Waals surface area contributed by atoms with Gasteiger partial charge in [0.2, 0.25) is 5.91 Å². The van der Waals surface area contributed by atoms with E-state index in [-0.39, 0.29) is 5.91 Å². The molecule has 0 spiro atoms. The zero-order chi connectivity index (χ0) is 20.6. The van der Waals surface area contributed by atoms with Gasteiger partial charge >= 0.3 is 0 Å². The first-order chi connectivity index (χ1) is 14.0. The highest BCUT2D eigenvalue weighted by Crippen LogP contribution is 2.18. The van der Waals surface area contributed by atoms with E-state index in [2.05, 4.69) is 16.6 Å². The molecule has 148 valence electrons. The Morgan fingerprint density at radius 3 is 2.52 bits per heavy atom. The maximum Gasteiger partial charge on any atom is 0.244 e. The van der Waals surface area contributed by atoms with Crippen molar-refractivity contribution < 1.29 is 9.53 Å². The van der Waals surface area contributed by atoms with Gasteiger partial charge in [-0.25, -0.2) is 5.43 Å². The van der Waals surface area contributed by atoms with Crippen LogP contribution >= 0.6 is 11.6 Å². The number of nitrogens with zero attached hydrogens (tertiary/aromatic N) is 1. The molecule has 0 fully saturated rings. The standard InChI is InChI=1S/C24H23ClN2O2/c1-17-7-10-20(18(2)13-17)14-24(28)27-26-15-19-8-11-22(12-9-19)29-16-21-5-3-4-6-23(21)25/h3-13,15H,14,16H2,1-2H3,(H,27,28)/b26-15+. The van der Waals surface area contributed by atoms with Gasteiger partial charge in [0, 0.05) is 10.6 Å². The molecule has 5 heteroatoms. The van der Waals surface area contributed by atoms with E-state index >= 15 is 0 Å². The lowest BCUT2D eigenvalue weighted by Gasteiger charge is -2.08. The van der Waals surface area contributed by atoms with Crippen molar-refractivity contribution in [3.63, 3.8) is 0 Å². The van der Waals surface area contributed by atoms with Crippen LogP contribution < -0.4 is 10.2 Å². The molecule has 0 bridgehead atoms. The van der Waals surface area contributed by atoms with Gasteiger partial charge in [0.1, 0.15) is 12.4 Å². The SMILES string of the molecule is Cc1ccc(CC(=O)N/N=C/c2ccc(OCc3ccccc3Cl)cc2)c(C)c1. The Hall–Kier alpha value is -3.11. The van der Waals surface area contributed by atoms with Gasteiger partial charge in [-0.15, -0.1) is 0 Å². The normalized spacial score (nSPS) is 10.9. The van der Waals surface area contributed by atoms with Crippen molar-refractivity contribution in [2.24, 2.45) is 5.10 Å². The van der Waals surface area contributed by atoms with Crippen LogP contribution in [0.5, 0.6) is 5.75 Å². The van der Waals surface area contributed by atoms with E-state index in [0.29, 0.717) is 18.1 Å². The number of halogens is 1. The molecule has 3 rings (SSSR count). The molecule has 0 saturated carbocycles. The van der Waals surface area contributed by atoms with Crippen LogP contribution in [0.25, 0.3) is 0 Å². The van der Waals surface area contributed by atoms with E-state index in [4.69, 9.17) is 16.3 Å². The number of hydrogen-bond acceptors (Lipinski definition) is 3. The van der Waals surface area contributed by atoms with Crippen LogP contribution in [0.1, 0.15) is 27.8 Å². The predicted molar refractivity (Wildman–Crippen MR) is 118 cm³/mol. The average Bonchev–Trinajstić information content (AvgIpc) is 2.70. The Kier molecular flexibility index (Phi) is 7.04. The van der Waals surface area contributed by atoms with Crippen molar-refractivity contribution in [3.05, 3.63) is 99.6 Å². The third kappa shape index (κ3) is 6.19. The van der Waals surface area contributed by atoms with Crippen LogP contribution in [0.2, 0.25) is 5.02 Å². The van der Waals surface area contributed by atoms with E-state index in [1.165, 1.54) is 5.56 Å². The first kappa shape index (κ1) is 20.6. The Balaban J connectivity index is 1.49. The second-order valence-corrected chi connectivity index (χ2v) is 7.26. The molecule has 4 nitrogen and oxygen atoms in total. The first-order valence-corrected chi connectivity index (χ1v) is 9.73. The van der Waals surface area contributed by atoms with Crippen molar-refractivity contribution in [2.45, 2.75) is 26.9 Å². The van der Waals surface area contributed by atoms with Crippen LogP contribution in [0.4, 0.5) is 0 Å². The molecule has 0 atom stereocenters. The number of ether oxygens (including phenoxy) is 1. The maximum absolute atomic E-state index is 12.1. The summed E-state index contributed by atoms with van der Waals surface area (Å²) in [6.45, 7) is 4.45. The van der Waals surface area contributed by atoms with Crippen LogP contribution in [0.15, 0.2) is 71.8 Å². The summed E-state index contributed by atoms with van der Waals surface area (Å²) in [6.07, 6.45) is 1.91. The summed E-state index contributed by atoms with van der Waals surface area (Å²) in [5, 5.41) is 4.72. The highest BCUT2D eigenvalue weighted by atomic mass is 35.5. The molecule has 0 saturated heterocycles. The molecular weight excluding hydrogens is 384 g/mol. The molecule has 29 heavy (non-hydrogen) atoms. The van der Waals surface area contributed by atoms with Crippen molar-refractivity contribution in [1.29, 1.82) is 0 Å². The summed E-state index contributed by atoms with van der Waals surface area (Å²) < 4.78 is 5.76. The largest absolute Gasteiger partial charge is 0.489 e. The molecule has 1 amide bonds. The zero-order valence-electron chi connectivity index (χ0n) is 16.5. The van der Waals surface area contributed by atoms with Crippen molar-refractivity contribution >= 4 is 23.7 Å². The maximum atomic E-state index is 12.1. The van der Waals surface area contributed by atoms with Crippen molar-refractivity contribution in [3.8, 4) is 5.75 Å². The fraction of sp³-hybridized carbons (Fsp3) is 0.167. The van der Waals surface area contributed by atoms with Crippen LogP contribution in [0, 0.1) is 13.8 Å². The molecule has 0 aliphatic heterocycles. The molecule has 0 radical (unpaired) electrons. The molecule has 0 aliphatic rings. The third-order valence-corrected chi connectivity index (χ3v) is 4.85. The molecule has 0 aliphatic carbocycles. The second-order valence-electron chi connectivity index (χ2n) is 6.85. The van der Waals surface area contributed by atoms with E-state index in [1.54, 1.807) is 6.21 Å². The smallest absolute Gasteiger partial charge is 0.244 e. The summed E-state index contributed by atoms with van der Waals surface area (Å²) in [4.78, 5) is 12.1. The number of carbonyl (C=O) groups excluding carboxylic acids is 1. The number of carbonyl (C=O) groups is 1. The number of rotatable bonds is 7. The summed E-state index contributed by atoms with van der Waals surface area (Å²) >= 11 is 6.13. The Bertz CT molecular complexity index is 1010. The van der Waals surface area contributed by atoms with E-state index in [1.807, 2.05) is 74.5 Å². The van der Waals surface area contributed by atoms with Gasteiger partial charge in [0.15, 0.2) is 0 Å². The van der Waals surface area contributed by atoms with Crippen LogP contribution in [0.3, 0.4) is 0 Å². The summed E-state index contributed by atoms with van der Waals surface area (Å²) in [5.41, 5.74) is 7.67. The average molecular weight is 407 g/mol. The lowest BCUT2D eigenvalue weighted by molar-refractivity contribution is -0.120. The monoisotopic (exact) mass is 406 g/mol. The minimum absolute atomic E-state index is 0.145. The third-order valence-electron chi connectivity index (χ3n) is 4.48. The zero-order valence-corrected chi connectivity index (χ0v) is 17.2. The number of hydrazone groups is 1. The van der Waals surface area contributed by atoms with Crippen molar-refractivity contribution in [1.82, 2.24) is 5.43 Å². The Morgan fingerprint density at radius 1 is 1.03 bits per heavy atom. The summed E-state index contributed by atoms with van der Waals surface area (Å²) in [5.74, 6) is 0.592.